The lowest BCUT2D eigenvalue weighted by Crippen LogP contribution is -2.45. The molecule has 4 amide bonds. The summed E-state index contributed by atoms with van der Waals surface area (Å²) in [5.41, 5.74) is 6.27. The molecule has 46 heavy (non-hydrogen) atoms. The molecule has 2 atom stereocenters. The number of hydrogen-bond donors (Lipinski definition) is 4. The Balaban J connectivity index is 2.03. The van der Waals surface area contributed by atoms with Crippen LogP contribution in [-0.2, 0) is 25.7 Å². The first-order chi connectivity index (χ1) is 21.9. The van der Waals surface area contributed by atoms with Crippen molar-refractivity contribution in [3.8, 4) is 0 Å². The fraction of sp³-hybridized carbons (Fsp3) is 0.424. The van der Waals surface area contributed by atoms with Crippen LogP contribution in [0.1, 0.15) is 74.7 Å². The Bertz CT molecular complexity index is 1360. The molecule has 13 nitrogen and oxygen atoms in total. The highest BCUT2D eigenvalue weighted by Crippen LogP contribution is 2.21. The van der Waals surface area contributed by atoms with Gasteiger partial charge in [-0.3, -0.25) is 24.5 Å². The number of nitro benzene ring substituents is 1. The van der Waals surface area contributed by atoms with Gasteiger partial charge in [0, 0.05) is 43.1 Å². The van der Waals surface area contributed by atoms with Crippen LogP contribution in [0.25, 0.3) is 0 Å². The summed E-state index contributed by atoms with van der Waals surface area (Å²) in [6.07, 6.45) is 4.70. The van der Waals surface area contributed by atoms with Crippen molar-refractivity contribution in [1.29, 1.82) is 0 Å². The summed E-state index contributed by atoms with van der Waals surface area (Å²) < 4.78 is 5.29. The Morgan fingerprint density at radius 3 is 2.26 bits per heavy atom. The van der Waals surface area contributed by atoms with Gasteiger partial charge in [0.05, 0.1) is 16.5 Å². The van der Waals surface area contributed by atoms with Gasteiger partial charge in [-0.15, -0.1) is 6.58 Å². The van der Waals surface area contributed by atoms with Crippen molar-refractivity contribution in [1.82, 2.24) is 10.6 Å². The Kier molecular flexibility index (Phi) is 15.6. The van der Waals surface area contributed by atoms with E-state index < -0.39 is 28.9 Å². The summed E-state index contributed by atoms with van der Waals surface area (Å²) >= 11 is 0. The SMILES string of the molecule is C=CCCCC(=O)N[C@H](C(=O)C[C@@H](CCCCNC(N)=O)C(=O)Nc1ccc(COC(=O)c2ccc([N+](=O)[O-])cc2)cc1)C(C)C. The maximum absolute atomic E-state index is 13.4. The number of carbonyl (C=O) groups excluding carboxylic acids is 5. The van der Waals surface area contributed by atoms with Crippen LogP contribution in [0.4, 0.5) is 16.2 Å². The Labute approximate surface area is 268 Å². The van der Waals surface area contributed by atoms with Crippen LogP contribution >= 0.6 is 0 Å². The van der Waals surface area contributed by atoms with Gasteiger partial charge in [-0.1, -0.05) is 38.5 Å². The monoisotopic (exact) mass is 637 g/mol. The molecular weight excluding hydrogens is 594 g/mol. The van der Waals surface area contributed by atoms with Crippen molar-refractivity contribution >= 4 is 41.0 Å². The standard InChI is InChI=1S/C33H43N5O8/c1-4-5-6-10-29(40)37-30(22(2)3)28(39)20-25(9-7-8-19-35-33(34)43)31(41)36-26-15-11-23(12-16-26)21-46-32(42)24-13-17-27(18-14-24)38(44)45/h4,11-18,22,25,30H,1,5-10,19-21H2,2-3H3,(H,36,41)(H,37,40)(H3,34,35,43)/t25-,30+/m1/s1. The third-order valence-corrected chi connectivity index (χ3v) is 7.14. The molecule has 0 saturated carbocycles. The van der Waals surface area contributed by atoms with Crippen molar-refractivity contribution in [2.75, 3.05) is 11.9 Å². The highest BCUT2D eigenvalue weighted by atomic mass is 16.6. The zero-order chi connectivity index (χ0) is 34.1. The average Bonchev–Trinajstić information content (AvgIpc) is 3.02. The highest BCUT2D eigenvalue weighted by molar-refractivity contribution is 5.97. The number of nitrogens with zero attached hydrogens (tertiary/aromatic N) is 1. The zero-order valence-corrected chi connectivity index (χ0v) is 26.3. The average molecular weight is 638 g/mol. The van der Waals surface area contributed by atoms with E-state index in [0.29, 0.717) is 49.9 Å². The second-order valence-corrected chi connectivity index (χ2v) is 11.2. The summed E-state index contributed by atoms with van der Waals surface area (Å²) in [6.45, 7) is 7.60. The maximum atomic E-state index is 13.4. The number of nitrogens with two attached hydrogens (primary N) is 1. The molecule has 0 saturated heterocycles. The molecule has 5 N–H and O–H groups in total. The van der Waals surface area contributed by atoms with E-state index in [2.05, 4.69) is 22.5 Å². The van der Waals surface area contributed by atoms with E-state index in [1.165, 1.54) is 24.3 Å². The minimum atomic E-state index is -0.740. The lowest BCUT2D eigenvalue weighted by molar-refractivity contribution is -0.384. The molecule has 0 aliphatic carbocycles. The Morgan fingerprint density at radius 2 is 1.67 bits per heavy atom. The first-order valence-corrected chi connectivity index (χ1v) is 15.2. The van der Waals surface area contributed by atoms with E-state index in [0.717, 1.165) is 0 Å². The Hall–Kier alpha value is -5.07. The van der Waals surface area contributed by atoms with Crippen molar-refractivity contribution in [2.45, 2.75) is 71.4 Å². The number of non-ortho nitro benzene ring substituents is 1. The number of nitrogens with one attached hydrogen (secondary N) is 3. The van der Waals surface area contributed by atoms with Gasteiger partial charge in [-0.05, 0) is 61.4 Å². The lowest BCUT2D eigenvalue weighted by Gasteiger charge is -2.24. The van der Waals surface area contributed by atoms with Gasteiger partial charge in [0.2, 0.25) is 11.8 Å². The summed E-state index contributed by atoms with van der Waals surface area (Å²) in [4.78, 5) is 72.7. The summed E-state index contributed by atoms with van der Waals surface area (Å²) in [5, 5.41) is 19.0. The normalized spacial score (nSPS) is 12.0. The fourth-order valence-electron chi connectivity index (χ4n) is 4.57. The van der Waals surface area contributed by atoms with Crippen molar-refractivity contribution < 1.29 is 33.6 Å². The third kappa shape index (κ3) is 13.3. The molecule has 2 rings (SSSR count). The molecule has 0 aromatic heterocycles. The van der Waals surface area contributed by atoms with E-state index in [4.69, 9.17) is 10.5 Å². The molecule has 2 aromatic carbocycles. The molecule has 0 bridgehead atoms. The smallest absolute Gasteiger partial charge is 0.338 e. The number of carbonyl (C=O) groups is 5. The molecule has 0 aliphatic heterocycles. The molecule has 248 valence electrons. The number of unbranched alkanes of at least 4 members (excludes halogenated alkanes) is 2. The van der Waals surface area contributed by atoms with E-state index in [1.807, 2.05) is 13.8 Å². The van der Waals surface area contributed by atoms with E-state index >= 15 is 0 Å². The Morgan fingerprint density at radius 1 is 1.00 bits per heavy atom. The van der Waals surface area contributed by atoms with Gasteiger partial charge in [0.15, 0.2) is 5.78 Å². The predicted octanol–water partition coefficient (Wildman–Crippen LogP) is 4.80. The molecule has 0 radical (unpaired) electrons. The van der Waals surface area contributed by atoms with Gasteiger partial charge in [-0.2, -0.15) is 0 Å². The maximum Gasteiger partial charge on any atom is 0.338 e. The molecular formula is C33H43N5O8. The number of esters is 1. The number of amides is 4. The molecule has 2 aromatic rings. The number of hydrogen-bond acceptors (Lipinski definition) is 8. The molecule has 0 spiro atoms. The van der Waals surface area contributed by atoms with Gasteiger partial charge in [0.25, 0.3) is 5.69 Å². The number of rotatable bonds is 20. The van der Waals surface area contributed by atoms with Crippen molar-refractivity contribution in [3.63, 3.8) is 0 Å². The number of allylic oxidation sites excluding steroid dienone is 1. The van der Waals surface area contributed by atoms with Gasteiger partial charge in [-0.25, -0.2) is 9.59 Å². The van der Waals surface area contributed by atoms with Crippen LogP contribution in [0, 0.1) is 22.0 Å². The number of ketones is 1. The number of anilines is 1. The molecule has 0 unspecified atom stereocenters. The first-order valence-electron chi connectivity index (χ1n) is 15.2. The predicted molar refractivity (Wildman–Crippen MR) is 173 cm³/mol. The molecule has 0 fully saturated rings. The quantitative estimate of drug-likeness (QED) is 0.0521. The number of ether oxygens (including phenoxy) is 1. The second kappa shape index (κ2) is 19.3. The number of Topliss-reactive ketones (excluding diaryl/α,β-unsaturated/α-hetero) is 1. The fourth-order valence-corrected chi connectivity index (χ4v) is 4.57. The van der Waals surface area contributed by atoms with Crippen molar-refractivity contribution in [2.24, 2.45) is 17.6 Å². The van der Waals surface area contributed by atoms with Gasteiger partial charge >= 0.3 is 12.0 Å². The lowest BCUT2D eigenvalue weighted by atomic mass is 9.89. The van der Waals surface area contributed by atoms with E-state index in [1.54, 1.807) is 30.3 Å². The first kappa shape index (κ1) is 37.1. The summed E-state index contributed by atoms with van der Waals surface area (Å²) in [5.74, 6) is -2.35. The van der Waals surface area contributed by atoms with Crippen LogP contribution in [-0.4, -0.2) is 47.1 Å². The highest BCUT2D eigenvalue weighted by Gasteiger charge is 2.29. The van der Waals surface area contributed by atoms with E-state index in [-0.39, 0.29) is 54.2 Å². The van der Waals surface area contributed by atoms with Crippen LogP contribution in [0.15, 0.2) is 61.2 Å². The second-order valence-electron chi connectivity index (χ2n) is 11.2. The largest absolute Gasteiger partial charge is 0.457 e. The van der Waals surface area contributed by atoms with Crippen molar-refractivity contribution in [3.05, 3.63) is 82.4 Å². The molecule has 0 heterocycles. The van der Waals surface area contributed by atoms with E-state index in [9.17, 15) is 34.1 Å². The number of benzene rings is 2. The minimum Gasteiger partial charge on any atom is -0.457 e. The molecule has 13 heteroatoms. The topological polar surface area (TPSA) is 200 Å². The summed E-state index contributed by atoms with van der Waals surface area (Å²) in [6, 6.07) is 10.3. The number of primary amides is 1. The minimum absolute atomic E-state index is 0.0591. The van der Waals surface area contributed by atoms with Crippen LogP contribution in [0.2, 0.25) is 0 Å². The number of nitro groups is 1. The van der Waals surface area contributed by atoms with Crippen LogP contribution < -0.4 is 21.7 Å². The van der Waals surface area contributed by atoms with Crippen LogP contribution in [0.3, 0.4) is 0 Å². The summed E-state index contributed by atoms with van der Waals surface area (Å²) in [7, 11) is 0. The van der Waals surface area contributed by atoms with Gasteiger partial charge in [0.1, 0.15) is 6.61 Å². The van der Waals surface area contributed by atoms with Crippen LogP contribution in [0.5, 0.6) is 0 Å². The zero-order valence-electron chi connectivity index (χ0n) is 26.3. The van der Waals surface area contributed by atoms with Gasteiger partial charge < -0.3 is 26.4 Å². The molecule has 0 aliphatic rings. The third-order valence-electron chi connectivity index (χ3n) is 7.14. The number of urea groups is 1.